The molecule has 1 heterocycles. The highest BCUT2D eigenvalue weighted by molar-refractivity contribution is 5.14. The molecule has 0 bridgehead atoms. The monoisotopic (exact) mass is 292 g/mol. The van der Waals surface area contributed by atoms with Gasteiger partial charge in [-0.25, -0.2) is 0 Å². The van der Waals surface area contributed by atoms with Crippen molar-refractivity contribution < 1.29 is 4.74 Å². The van der Waals surface area contributed by atoms with E-state index in [0.29, 0.717) is 12.0 Å². The number of hydrogen-bond acceptors (Lipinski definition) is 1. The summed E-state index contributed by atoms with van der Waals surface area (Å²) in [6, 6.07) is 10.6. The Balaban J connectivity index is 0.000000342. The van der Waals surface area contributed by atoms with Gasteiger partial charge in [0.15, 0.2) is 0 Å². The summed E-state index contributed by atoms with van der Waals surface area (Å²) >= 11 is 0. The molecule has 0 radical (unpaired) electrons. The van der Waals surface area contributed by atoms with Crippen molar-refractivity contribution in [2.75, 3.05) is 6.61 Å². The Labute approximate surface area is 133 Å². The molecule has 0 N–H and O–H groups in total. The molecule has 0 aromatic heterocycles. The number of rotatable bonds is 3. The maximum Gasteiger partial charge on any atom is 0.0598 e. The highest BCUT2D eigenvalue weighted by Gasteiger charge is 2.16. The smallest absolute Gasteiger partial charge is 0.0598 e. The summed E-state index contributed by atoms with van der Waals surface area (Å²) < 4.78 is 5.54. The van der Waals surface area contributed by atoms with Crippen molar-refractivity contribution in [2.24, 2.45) is 11.8 Å². The van der Waals surface area contributed by atoms with Crippen LogP contribution in [0.15, 0.2) is 30.3 Å². The summed E-state index contributed by atoms with van der Waals surface area (Å²) in [5.41, 5.74) is 1.44. The second-order valence-electron chi connectivity index (χ2n) is 6.23. The second-order valence-corrected chi connectivity index (χ2v) is 6.23. The van der Waals surface area contributed by atoms with Crippen molar-refractivity contribution in [2.45, 2.75) is 73.3 Å². The van der Waals surface area contributed by atoms with E-state index < -0.39 is 0 Å². The first kappa shape index (κ1) is 20.2. The predicted molar refractivity (Wildman–Crippen MR) is 94.8 cm³/mol. The van der Waals surface area contributed by atoms with Gasteiger partial charge in [-0.2, -0.15) is 0 Å². The van der Waals surface area contributed by atoms with Crippen LogP contribution in [0.25, 0.3) is 0 Å². The van der Waals surface area contributed by atoms with Crippen LogP contribution in [0.1, 0.15) is 66.4 Å². The van der Waals surface area contributed by atoms with E-state index in [9.17, 15) is 0 Å². The Hall–Kier alpha value is -0.820. The molecule has 122 valence electrons. The standard InChI is InChI=1S/C10H14.C8H16O.C2H6/c1-9(2)8-10-6-4-3-5-7-10;1-7(2)8-5-3-4-6-9-8;1-2/h3-7,9H,8H2,1-2H3;7-8H,3-6H2,1-2H3;1-2H3. The van der Waals surface area contributed by atoms with Gasteiger partial charge in [-0.3, -0.25) is 0 Å². The predicted octanol–water partition coefficient (Wildman–Crippen LogP) is 6.12. The van der Waals surface area contributed by atoms with E-state index in [2.05, 4.69) is 58.0 Å². The largest absolute Gasteiger partial charge is 0.378 e. The van der Waals surface area contributed by atoms with Crippen molar-refractivity contribution in [3.05, 3.63) is 35.9 Å². The maximum absolute atomic E-state index is 5.54. The van der Waals surface area contributed by atoms with Crippen LogP contribution < -0.4 is 0 Å². The zero-order valence-electron chi connectivity index (χ0n) is 15.1. The maximum atomic E-state index is 5.54. The van der Waals surface area contributed by atoms with Crippen molar-refractivity contribution in [3.8, 4) is 0 Å². The Morgan fingerprint density at radius 1 is 1.00 bits per heavy atom. The molecule has 1 fully saturated rings. The third-order valence-electron chi connectivity index (χ3n) is 3.45. The lowest BCUT2D eigenvalue weighted by molar-refractivity contribution is -0.0115. The van der Waals surface area contributed by atoms with Gasteiger partial charge in [-0.1, -0.05) is 71.9 Å². The molecule has 0 saturated carbocycles. The fourth-order valence-corrected chi connectivity index (χ4v) is 2.38. The molecule has 0 amide bonds. The van der Waals surface area contributed by atoms with Crippen LogP contribution >= 0.6 is 0 Å². The van der Waals surface area contributed by atoms with Gasteiger partial charge in [0.25, 0.3) is 0 Å². The Bertz CT molecular complexity index is 310. The molecule has 1 aromatic rings. The van der Waals surface area contributed by atoms with E-state index in [1.54, 1.807) is 0 Å². The molecule has 1 aliphatic rings. The minimum absolute atomic E-state index is 0.554. The molecule has 1 aromatic carbocycles. The first-order valence-corrected chi connectivity index (χ1v) is 8.75. The van der Waals surface area contributed by atoms with Crippen LogP contribution in [0, 0.1) is 11.8 Å². The molecule has 2 rings (SSSR count). The van der Waals surface area contributed by atoms with E-state index >= 15 is 0 Å². The van der Waals surface area contributed by atoms with Crippen LogP contribution in [-0.2, 0) is 11.2 Å². The summed E-state index contributed by atoms with van der Waals surface area (Å²) in [6.07, 6.45) is 5.66. The molecule has 0 spiro atoms. The minimum Gasteiger partial charge on any atom is -0.378 e. The molecule has 21 heavy (non-hydrogen) atoms. The second kappa shape index (κ2) is 12.9. The van der Waals surface area contributed by atoms with E-state index in [4.69, 9.17) is 4.74 Å². The summed E-state index contributed by atoms with van der Waals surface area (Å²) in [6.45, 7) is 13.9. The van der Waals surface area contributed by atoms with Gasteiger partial charge in [0.1, 0.15) is 0 Å². The van der Waals surface area contributed by atoms with E-state index in [-0.39, 0.29) is 0 Å². The number of ether oxygens (including phenoxy) is 1. The van der Waals surface area contributed by atoms with Gasteiger partial charge in [-0.15, -0.1) is 0 Å². The minimum atomic E-state index is 0.554. The average Bonchev–Trinajstić information content (AvgIpc) is 2.51. The van der Waals surface area contributed by atoms with Crippen LogP contribution in [0.3, 0.4) is 0 Å². The fraction of sp³-hybridized carbons (Fsp3) is 0.700. The summed E-state index contributed by atoms with van der Waals surface area (Å²) in [5.74, 6) is 1.48. The Morgan fingerprint density at radius 2 is 1.62 bits per heavy atom. The van der Waals surface area contributed by atoms with Gasteiger partial charge in [0, 0.05) is 6.61 Å². The van der Waals surface area contributed by atoms with Crippen molar-refractivity contribution in [1.29, 1.82) is 0 Å². The van der Waals surface area contributed by atoms with E-state index in [1.807, 2.05) is 13.8 Å². The SMILES string of the molecule is CC.CC(C)C1CCCCO1.CC(C)Cc1ccccc1. The van der Waals surface area contributed by atoms with Crippen molar-refractivity contribution in [3.63, 3.8) is 0 Å². The molecular formula is C20H36O. The molecule has 1 heteroatoms. The number of benzene rings is 1. The topological polar surface area (TPSA) is 9.23 Å². The molecule has 1 unspecified atom stereocenters. The molecule has 1 saturated heterocycles. The fourth-order valence-electron chi connectivity index (χ4n) is 2.38. The first-order valence-electron chi connectivity index (χ1n) is 8.75. The lowest BCUT2D eigenvalue weighted by Gasteiger charge is -2.25. The summed E-state index contributed by atoms with van der Waals surface area (Å²) in [4.78, 5) is 0. The van der Waals surface area contributed by atoms with Gasteiger partial charge < -0.3 is 4.74 Å². The highest BCUT2D eigenvalue weighted by atomic mass is 16.5. The van der Waals surface area contributed by atoms with Gasteiger partial charge in [0.2, 0.25) is 0 Å². The Kier molecular flexibility index (Phi) is 12.4. The quantitative estimate of drug-likeness (QED) is 0.652. The van der Waals surface area contributed by atoms with Crippen LogP contribution in [0.4, 0.5) is 0 Å². The van der Waals surface area contributed by atoms with Crippen molar-refractivity contribution in [1.82, 2.24) is 0 Å². The zero-order chi connectivity index (χ0) is 16.1. The molecule has 1 aliphatic heterocycles. The Morgan fingerprint density at radius 3 is 2.00 bits per heavy atom. The van der Waals surface area contributed by atoms with Gasteiger partial charge >= 0.3 is 0 Å². The third-order valence-corrected chi connectivity index (χ3v) is 3.45. The lowest BCUT2D eigenvalue weighted by Crippen LogP contribution is -2.24. The van der Waals surface area contributed by atoms with Gasteiger partial charge in [0.05, 0.1) is 6.10 Å². The van der Waals surface area contributed by atoms with E-state index in [1.165, 1.54) is 31.2 Å². The first-order chi connectivity index (χ1) is 10.1. The van der Waals surface area contributed by atoms with E-state index in [0.717, 1.165) is 12.5 Å². The normalized spacial score (nSPS) is 17.6. The molecular weight excluding hydrogens is 256 g/mol. The number of hydrogen-bond donors (Lipinski definition) is 0. The lowest BCUT2D eigenvalue weighted by atomic mass is 9.99. The highest BCUT2D eigenvalue weighted by Crippen LogP contribution is 2.18. The van der Waals surface area contributed by atoms with Crippen molar-refractivity contribution >= 4 is 0 Å². The molecule has 1 atom stereocenters. The molecule has 1 nitrogen and oxygen atoms in total. The van der Waals surface area contributed by atoms with Crippen LogP contribution in [-0.4, -0.2) is 12.7 Å². The summed E-state index contributed by atoms with van der Waals surface area (Å²) in [7, 11) is 0. The average molecular weight is 293 g/mol. The molecule has 0 aliphatic carbocycles. The van der Waals surface area contributed by atoms with Gasteiger partial charge in [-0.05, 0) is 43.1 Å². The zero-order valence-corrected chi connectivity index (χ0v) is 15.1. The van der Waals surface area contributed by atoms with Crippen LogP contribution in [0.5, 0.6) is 0 Å². The van der Waals surface area contributed by atoms with Crippen LogP contribution in [0.2, 0.25) is 0 Å². The third kappa shape index (κ3) is 10.5. The summed E-state index contributed by atoms with van der Waals surface area (Å²) in [5, 5.41) is 0.